The van der Waals surface area contributed by atoms with Gasteiger partial charge in [0.15, 0.2) is 0 Å². The predicted octanol–water partition coefficient (Wildman–Crippen LogP) is 1.02. The SMILES string of the molecule is C=C/C=c1/c(C)c(C)n(C)c1=C. The molecule has 1 aromatic heterocycles. The molecule has 0 radical (unpaired) electrons. The molecular formula is C11H15N. The Hall–Kier alpha value is -1.24. The van der Waals surface area contributed by atoms with Crippen molar-refractivity contribution in [3.63, 3.8) is 0 Å². The van der Waals surface area contributed by atoms with Gasteiger partial charge in [-0.15, -0.1) is 0 Å². The summed E-state index contributed by atoms with van der Waals surface area (Å²) in [5.41, 5.74) is 2.57. The molecule has 1 nitrogen and oxygen atoms in total. The summed E-state index contributed by atoms with van der Waals surface area (Å²) in [6.45, 7) is 11.9. The number of hydrogen-bond donors (Lipinski definition) is 0. The third kappa shape index (κ3) is 1.11. The smallest absolute Gasteiger partial charge is 0.0409 e. The van der Waals surface area contributed by atoms with Crippen molar-refractivity contribution in [3.8, 4) is 0 Å². The van der Waals surface area contributed by atoms with Crippen LogP contribution in [-0.2, 0) is 7.05 Å². The molecule has 0 atom stereocenters. The summed E-state index contributed by atoms with van der Waals surface area (Å²) in [7, 11) is 2.03. The van der Waals surface area contributed by atoms with Crippen LogP contribution in [0.3, 0.4) is 0 Å². The molecule has 0 amide bonds. The van der Waals surface area contributed by atoms with Crippen molar-refractivity contribution in [1.82, 2.24) is 4.57 Å². The van der Waals surface area contributed by atoms with Crippen LogP contribution < -0.4 is 10.6 Å². The lowest BCUT2D eigenvalue weighted by Gasteiger charge is -1.94. The molecule has 0 aliphatic carbocycles. The van der Waals surface area contributed by atoms with Crippen LogP contribution in [0.5, 0.6) is 0 Å². The summed E-state index contributed by atoms with van der Waals surface area (Å²) >= 11 is 0. The van der Waals surface area contributed by atoms with Crippen LogP contribution >= 0.6 is 0 Å². The molecule has 0 unspecified atom stereocenters. The third-order valence-corrected chi connectivity index (χ3v) is 2.45. The van der Waals surface area contributed by atoms with Gasteiger partial charge in [-0.2, -0.15) is 0 Å². The lowest BCUT2D eigenvalue weighted by molar-refractivity contribution is 0.848. The fourth-order valence-electron chi connectivity index (χ4n) is 1.39. The monoisotopic (exact) mass is 161 g/mol. The van der Waals surface area contributed by atoms with Crippen LogP contribution in [0.1, 0.15) is 11.3 Å². The average Bonchev–Trinajstić information content (AvgIpc) is 2.23. The number of hydrogen-bond acceptors (Lipinski definition) is 0. The van der Waals surface area contributed by atoms with E-state index in [9.17, 15) is 0 Å². The fourth-order valence-corrected chi connectivity index (χ4v) is 1.39. The first-order chi connectivity index (χ1) is 5.59. The van der Waals surface area contributed by atoms with Gasteiger partial charge in [0.25, 0.3) is 0 Å². The molecule has 64 valence electrons. The second-order valence-electron chi connectivity index (χ2n) is 3.03. The van der Waals surface area contributed by atoms with Crippen molar-refractivity contribution in [2.45, 2.75) is 13.8 Å². The Kier molecular flexibility index (Phi) is 2.22. The molecule has 0 N–H and O–H groups in total. The lowest BCUT2D eigenvalue weighted by Crippen LogP contribution is -2.26. The van der Waals surface area contributed by atoms with E-state index in [-0.39, 0.29) is 0 Å². The minimum Gasteiger partial charge on any atom is -0.348 e. The summed E-state index contributed by atoms with van der Waals surface area (Å²) in [4.78, 5) is 0. The normalized spacial score (nSPS) is 12.1. The second-order valence-corrected chi connectivity index (χ2v) is 3.03. The molecular weight excluding hydrogens is 146 g/mol. The van der Waals surface area contributed by atoms with Crippen LogP contribution in [-0.4, -0.2) is 4.57 Å². The van der Waals surface area contributed by atoms with Gasteiger partial charge in [0.05, 0.1) is 0 Å². The zero-order valence-electron chi connectivity index (χ0n) is 8.02. The van der Waals surface area contributed by atoms with E-state index in [1.54, 1.807) is 6.08 Å². The minimum absolute atomic E-state index is 1.06. The van der Waals surface area contributed by atoms with Crippen molar-refractivity contribution in [1.29, 1.82) is 0 Å². The topological polar surface area (TPSA) is 4.93 Å². The molecule has 1 aromatic rings. The van der Waals surface area contributed by atoms with Crippen LogP contribution in [0.4, 0.5) is 0 Å². The van der Waals surface area contributed by atoms with E-state index in [4.69, 9.17) is 0 Å². The number of aromatic nitrogens is 1. The Morgan fingerprint density at radius 1 is 1.33 bits per heavy atom. The maximum atomic E-state index is 4.00. The standard InChI is InChI=1S/C11H15N/c1-6-7-11-8(2)9(3)12(5)10(11)4/h6-7H,1,4H2,2-3,5H3/b11-7-. The number of rotatable bonds is 1. The van der Waals surface area contributed by atoms with Crippen LogP contribution in [0, 0.1) is 13.8 Å². The van der Waals surface area contributed by atoms with Crippen molar-refractivity contribution < 1.29 is 0 Å². The van der Waals surface area contributed by atoms with Gasteiger partial charge in [-0.3, -0.25) is 0 Å². The van der Waals surface area contributed by atoms with Crippen molar-refractivity contribution in [3.05, 3.63) is 34.5 Å². The molecule has 0 saturated carbocycles. The first-order valence-corrected chi connectivity index (χ1v) is 4.03. The Labute approximate surface area is 73.3 Å². The van der Waals surface area contributed by atoms with Gasteiger partial charge >= 0.3 is 0 Å². The first kappa shape index (κ1) is 8.85. The highest BCUT2D eigenvalue weighted by Gasteiger charge is 2.00. The van der Waals surface area contributed by atoms with E-state index >= 15 is 0 Å². The number of nitrogens with zero attached hydrogens (tertiary/aromatic N) is 1. The third-order valence-electron chi connectivity index (χ3n) is 2.45. The molecule has 0 fully saturated rings. The van der Waals surface area contributed by atoms with Crippen LogP contribution in [0.2, 0.25) is 0 Å². The maximum Gasteiger partial charge on any atom is 0.0409 e. The van der Waals surface area contributed by atoms with E-state index in [1.165, 1.54) is 16.5 Å². The zero-order chi connectivity index (χ0) is 9.30. The number of allylic oxidation sites excluding steroid dienone is 1. The highest BCUT2D eigenvalue weighted by molar-refractivity contribution is 5.40. The molecule has 0 aromatic carbocycles. The quantitative estimate of drug-likeness (QED) is 0.579. The summed E-state index contributed by atoms with van der Waals surface area (Å²) in [5, 5.41) is 2.26. The fraction of sp³-hybridized carbons (Fsp3) is 0.273. The van der Waals surface area contributed by atoms with Gasteiger partial charge in [0, 0.05) is 23.3 Å². The van der Waals surface area contributed by atoms with E-state index in [2.05, 4.69) is 31.6 Å². The average molecular weight is 161 g/mol. The summed E-state index contributed by atoms with van der Waals surface area (Å²) in [5.74, 6) is 0. The Morgan fingerprint density at radius 2 is 1.92 bits per heavy atom. The van der Waals surface area contributed by atoms with E-state index < -0.39 is 0 Å². The minimum atomic E-state index is 1.06. The van der Waals surface area contributed by atoms with Gasteiger partial charge in [-0.1, -0.05) is 25.3 Å². The summed E-state index contributed by atoms with van der Waals surface area (Å²) < 4.78 is 2.10. The Balaban J connectivity index is 3.72. The highest BCUT2D eigenvalue weighted by Crippen LogP contribution is 1.95. The molecule has 1 heteroatoms. The maximum absolute atomic E-state index is 4.00. The molecule has 1 rings (SSSR count). The molecule has 12 heavy (non-hydrogen) atoms. The molecule has 0 bridgehead atoms. The van der Waals surface area contributed by atoms with E-state index in [0.29, 0.717) is 0 Å². The molecule has 1 heterocycles. The van der Waals surface area contributed by atoms with Crippen LogP contribution in [0.15, 0.2) is 12.7 Å². The largest absolute Gasteiger partial charge is 0.348 e. The molecule has 0 aliphatic rings. The Morgan fingerprint density at radius 3 is 2.25 bits per heavy atom. The lowest BCUT2D eigenvalue weighted by atomic mass is 10.2. The van der Waals surface area contributed by atoms with Crippen LogP contribution in [0.25, 0.3) is 12.7 Å². The molecule has 0 saturated heterocycles. The summed E-state index contributed by atoms with van der Waals surface area (Å²) in [6, 6.07) is 0. The van der Waals surface area contributed by atoms with Crippen molar-refractivity contribution >= 4 is 12.7 Å². The molecule has 0 aliphatic heterocycles. The van der Waals surface area contributed by atoms with E-state index in [0.717, 1.165) is 5.35 Å². The second kappa shape index (κ2) is 3.02. The first-order valence-electron chi connectivity index (χ1n) is 4.03. The predicted molar refractivity (Wildman–Crippen MR) is 54.3 cm³/mol. The Bertz CT molecular complexity index is 407. The highest BCUT2D eigenvalue weighted by atomic mass is 14.9. The van der Waals surface area contributed by atoms with E-state index in [1.807, 2.05) is 13.1 Å². The van der Waals surface area contributed by atoms with Crippen molar-refractivity contribution in [2.24, 2.45) is 7.05 Å². The van der Waals surface area contributed by atoms with Gasteiger partial charge in [0.1, 0.15) is 0 Å². The van der Waals surface area contributed by atoms with Gasteiger partial charge in [0.2, 0.25) is 0 Å². The molecule has 0 spiro atoms. The zero-order valence-corrected chi connectivity index (χ0v) is 8.02. The van der Waals surface area contributed by atoms with Crippen molar-refractivity contribution in [2.75, 3.05) is 0 Å². The van der Waals surface area contributed by atoms with Gasteiger partial charge in [-0.25, -0.2) is 0 Å². The van der Waals surface area contributed by atoms with Gasteiger partial charge in [-0.05, 0) is 19.4 Å². The summed E-state index contributed by atoms with van der Waals surface area (Å²) in [6.07, 6.45) is 3.81. The van der Waals surface area contributed by atoms with Gasteiger partial charge < -0.3 is 4.57 Å².